The SMILES string of the molecule is CCCC(O)(CN)c1cnc(N)s1. The fraction of sp³-hybridized carbons (Fsp3) is 0.625. The summed E-state index contributed by atoms with van der Waals surface area (Å²) in [6, 6.07) is 0. The highest BCUT2D eigenvalue weighted by Gasteiger charge is 2.28. The van der Waals surface area contributed by atoms with E-state index < -0.39 is 5.60 Å². The Morgan fingerprint density at radius 3 is 2.77 bits per heavy atom. The minimum absolute atomic E-state index is 0.211. The molecule has 0 saturated heterocycles. The number of thiazole rings is 1. The number of nitrogens with zero attached hydrogens (tertiary/aromatic N) is 1. The maximum absolute atomic E-state index is 10.1. The van der Waals surface area contributed by atoms with E-state index in [0.29, 0.717) is 11.6 Å². The van der Waals surface area contributed by atoms with Crippen LogP contribution in [-0.4, -0.2) is 16.6 Å². The Kier molecular flexibility index (Phi) is 3.24. The molecule has 0 aliphatic heterocycles. The van der Waals surface area contributed by atoms with Crippen molar-refractivity contribution in [3.8, 4) is 0 Å². The summed E-state index contributed by atoms with van der Waals surface area (Å²) in [6.45, 7) is 2.22. The molecule has 0 amide bonds. The third-order valence-electron chi connectivity index (χ3n) is 1.98. The first-order valence-electron chi connectivity index (χ1n) is 4.26. The molecule has 74 valence electrons. The van der Waals surface area contributed by atoms with Gasteiger partial charge in [-0.3, -0.25) is 0 Å². The smallest absolute Gasteiger partial charge is 0.180 e. The summed E-state index contributed by atoms with van der Waals surface area (Å²) in [6.07, 6.45) is 3.12. The maximum Gasteiger partial charge on any atom is 0.180 e. The molecule has 1 unspecified atom stereocenters. The van der Waals surface area contributed by atoms with E-state index in [1.54, 1.807) is 6.20 Å². The van der Waals surface area contributed by atoms with Crippen LogP contribution in [0, 0.1) is 0 Å². The van der Waals surface area contributed by atoms with E-state index in [4.69, 9.17) is 11.5 Å². The highest BCUT2D eigenvalue weighted by atomic mass is 32.1. The highest BCUT2D eigenvalue weighted by Crippen LogP contribution is 2.30. The van der Waals surface area contributed by atoms with E-state index >= 15 is 0 Å². The Bertz CT molecular complexity index is 276. The summed E-state index contributed by atoms with van der Waals surface area (Å²) in [5, 5.41) is 10.6. The number of rotatable bonds is 4. The summed E-state index contributed by atoms with van der Waals surface area (Å²) in [5.74, 6) is 0. The molecule has 0 saturated carbocycles. The lowest BCUT2D eigenvalue weighted by molar-refractivity contribution is 0.0394. The normalized spacial score (nSPS) is 15.6. The van der Waals surface area contributed by atoms with Crippen LogP contribution in [0.15, 0.2) is 6.20 Å². The number of hydrogen-bond donors (Lipinski definition) is 3. The fourth-order valence-electron chi connectivity index (χ4n) is 1.24. The Morgan fingerprint density at radius 2 is 2.38 bits per heavy atom. The van der Waals surface area contributed by atoms with Gasteiger partial charge in [-0.1, -0.05) is 24.7 Å². The Hall–Kier alpha value is -0.650. The van der Waals surface area contributed by atoms with Gasteiger partial charge in [0.25, 0.3) is 0 Å². The molecule has 0 fully saturated rings. The Morgan fingerprint density at radius 1 is 1.69 bits per heavy atom. The van der Waals surface area contributed by atoms with E-state index in [9.17, 15) is 5.11 Å². The number of nitrogens with two attached hydrogens (primary N) is 2. The minimum Gasteiger partial charge on any atom is -0.383 e. The summed E-state index contributed by atoms with van der Waals surface area (Å²) < 4.78 is 0. The van der Waals surface area contributed by atoms with Crippen LogP contribution in [0.3, 0.4) is 0 Å². The predicted molar refractivity (Wildman–Crippen MR) is 54.4 cm³/mol. The van der Waals surface area contributed by atoms with E-state index in [0.717, 1.165) is 11.3 Å². The van der Waals surface area contributed by atoms with E-state index in [1.807, 2.05) is 6.92 Å². The molecule has 0 bridgehead atoms. The lowest BCUT2D eigenvalue weighted by atomic mass is 9.97. The van der Waals surface area contributed by atoms with Crippen LogP contribution in [0.1, 0.15) is 24.6 Å². The fourth-order valence-corrected chi connectivity index (χ4v) is 2.05. The standard InChI is InChI=1S/C8H15N3OS/c1-2-3-8(12,5-9)6-4-11-7(10)13-6/h4,12H,2-3,5,9H2,1H3,(H2,10,11). The van der Waals surface area contributed by atoms with E-state index in [2.05, 4.69) is 4.98 Å². The minimum atomic E-state index is -0.940. The van der Waals surface area contributed by atoms with Crippen molar-refractivity contribution in [3.05, 3.63) is 11.1 Å². The van der Waals surface area contributed by atoms with Crippen molar-refractivity contribution in [2.24, 2.45) is 5.73 Å². The second-order valence-corrected chi connectivity index (χ2v) is 4.11. The molecule has 1 heterocycles. The summed E-state index contributed by atoms with van der Waals surface area (Å²) in [5.41, 5.74) is 10.1. The molecular formula is C8H15N3OS. The molecule has 1 aromatic rings. The van der Waals surface area contributed by atoms with Gasteiger partial charge in [-0.05, 0) is 6.42 Å². The average Bonchev–Trinajstić information content (AvgIpc) is 2.52. The van der Waals surface area contributed by atoms with Crippen LogP contribution < -0.4 is 11.5 Å². The lowest BCUT2D eigenvalue weighted by Gasteiger charge is -2.23. The molecule has 0 radical (unpaired) electrons. The first kappa shape index (κ1) is 10.4. The Balaban J connectivity index is 2.88. The van der Waals surface area contributed by atoms with Gasteiger partial charge in [-0.2, -0.15) is 0 Å². The molecule has 1 rings (SSSR count). The highest BCUT2D eigenvalue weighted by molar-refractivity contribution is 7.15. The largest absolute Gasteiger partial charge is 0.383 e. The second kappa shape index (κ2) is 4.04. The molecule has 13 heavy (non-hydrogen) atoms. The number of nitrogen functional groups attached to an aromatic ring is 1. The third kappa shape index (κ3) is 2.18. The van der Waals surface area contributed by atoms with Gasteiger partial charge in [0.05, 0.1) is 4.88 Å². The zero-order valence-corrected chi connectivity index (χ0v) is 8.47. The second-order valence-electron chi connectivity index (χ2n) is 3.05. The first-order chi connectivity index (χ1) is 6.12. The van der Waals surface area contributed by atoms with E-state index in [-0.39, 0.29) is 6.54 Å². The molecule has 0 aromatic carbocycles. The number of aliphatic hydroxyl groups is 1. The van der Waals surface area contributed by atoms with Gasteiger partial charge in [0.1, 0.15) is 5.60 Å². The van der Waals surface area contributed by atoms with Gasteiger partial charge in [0, 0.05) is 12.7 Å². The van der Waals surface area contributed by atoms with Crippen LogP contribution in [0.25, 0.3) is 0 Å². The van der Waals surface area contributed by atoms with Crippen molar-refractivity contribution in [1.82, 2.24) is 4.98 Å². The van der Waals surface area contributed by atoms with Gasteiger partial charge in [0.15, 0.2) is 5.13 Å². The van der Waals surface area contributed by atoms with Crippen molar-refractivity contribution in [1.29, 1.82) is 0 Å². The van der Waals surface area contributed by atoms with Gasteiger partial charge in [0.2, 0.25) is 0 Å². The van der Waals surface area contributed by atoms with Gasteiger partial charge < -0.3 is 16.6 Å². The predicted octanol–water partition coefficient (Wildman–Crippen LogP) is 0.672. The monoisotopic (exact) mass is 201 g/mol. The maximum atomic E-state index is 10.1. The van der Waals surface area contributed by atoms with Crippen molar-refractivity contribution < 1.29 is 5.11 Å². The third-order valence-corrected chi connectivity index (χ3v) is 3.00. The van der Waals surface area contributed by atoms with Gasteiger partial charge >= 0.3 is 0 Å². The molecule has 5 heteroatoms. The van der Waals surface area contributed by atoms with E-state index in [1.165, 1.54) is 11.3 Å². The Labute approximate surface area is 81.6 Å². The van der Waals surface area contributed by atoms with Crippen molar-refractivity contribution in [2.45, 2.75) is 25.4 Å². The van der Waals surface area contributed by atoms with Crippen molar-refractivity contribution in [2.75, 3.05) is 12.3 Å². The molecule has 4 nitrogen and oxygen atoms in total. The van der Waals surface area contributed by atoms with Gasteiger partial charge in [-0.25, -0.2) is 4.98 Å². The van der Waals surface area contributed by atoms with Crippen molar-refractivity contribution >= 4 is 16.5 Å². The summed E-state index contributed by atoms with van der Waals surface area (Å²) >= 11 is 1.30. The lowest BCUT2D eigenvalue weighted by Crippen LogP contribution is -2.33. The van der Waals surface area contributed by atoms with Gasteiger partial charge in [-0.15, -0.1) is 0 Å². The zero-order valence-electron chi connectivity index (χ0n) is 7.66. The summed E-state index contributed by atoms with van der Waals surface area (Å²) in [4.78, 5) is 4.65. The number of hydrogen-bond acceptors (Lipinski definition) is 5. The molecule has 1 atom stereocenters. The zero-order chi connectivity index (χ0) is 9.90. The topological polar surface area (TPSA) is 85.2 Å². The molecule has 0 spiro atoms. The van der Waals surface area contributed by atoms with Crippen LogP contribution in [-0.2, 0) is 5.60 Å². The van der Waals surface area contributed by atoms with Crippen molar-refractivity contribution in [3.63, 3.8) is 0 Å². The molecule has 1 aromatic heterocycles. The van der Waals surface area contributed by atoms with Crippen LogP contribution in [0.5, 0.6) is 0 Å². The molecule has 0 aliphatic rings. The van der Waals surface area contributed by atoms with Crippen LogP contribution in [0.4, 0.5) is 5.13 Å². The molecule has 0 aliphatic carbocycles. The molecule has 5 N–H and O–H groups in total. The number of anilines is 1. The van der Waals surface area contributed by atoms with Crippen LogP contribution >= 0.6 is 11.3 Å². The average molecular weight is 201 g/mol. The summed E-state index contributed by atoms with van der Waals surface area (Å²) in [7, 11) is 0. The first-order valence-corrected chi connectivity index (χ1v) is 5.08. The van der Waals surface area contributed by atoms with Crippen LogP contribution in [0.2, 0.25) is 0 Å². The quantitative estimate of drug-likeness (QED) is 0.668. The molecular weight excluding hydrogens is 186 g/mol. The number of aromatic nitrogens is 1.